The van der Waals surface area contributed by atoms with Gasteiger partial charge < -0.3 is 20.5 Å². The summed E-state index contributed by atoms with van der Waals surface area (Å²) in [4.78, 5) is 39.7. The van der Waals surface area contributed by atoms with Crippen molar-refractivity contribution in [1.29, 1.82) is 0 Å². The molecular weight excluding hydrogens is 398 g/mol. The Hall–Kier alpha value is -2.32. The normalized spacial score (nSPS) is 23.1. The number of aliphatic carboxylic acids is 1. The van der Waals surface area contributed by atoms with E-state index in [2.05, 4.69) is 0 Å². The summed E-state index contributed by atoms with van der Waals surface area (Å²) in [7, 11) is 1.52. The number of carboxylic acids is 1. The number of nitrogens with two attached hydrogens (primary N) is 1. The van der Waals surface area contributed by atoms with Crippen LogP contribution in [-0.2, 0) is 14.4 Å². The first kappa shape index (κ1) is 23.0. The number of carbonyl (C=O) groups is 3. The highest BCUT2D eigenvalue weighted by molar-refractivity contribution is 5.97. The van der Waals surface area contributed by atoms with Crippen LogP contribution >= 0.6 is 12.4 Å². The van der Waals surface area contributed by atoms with Gasteiger partial charge in [0.1, 0.15) is 5.75 Å². The third-order valence-corrected chi connectivity index (χ3v) is 5.98. The number of ether oxygens (including phenoxy) is 1. The average molecular weight is 426 g/mol. The Morgan fingerprint density at radius 3 is 2.69 bits per heavy atom. The molecule has 29 heavy (non-hydrogen) atoms. The van der Waals surface area contributed by atoms with E-state index in [1.807, 2.05) is 4.90 Å². The minimum atomic E-state index is -0.764. The topological polar surface area (TPSA) is 113 Å². The van der Waals surface area contributed by atoms with E-state index in [1.54, 1.807) is 24.3 Å². The summed E-state index contributed by atoms with van der Waals surface area (Å²) in [5, 5.41) is 9.74. The molecule has 0 radical (unpaired) electrons. The number of benzene rings is 1. The number of likely N-dealkylation sites (tertiary alicyclic amines) is 1. The van der Waals surface area contributed by atoms with Crippen LogP contribution in [-0.4, -0.2) is 61.1 Å². The number of fused-ring (bicyclic) bond motifs is 1. The Morgan fingerprint density at radius 2 is 2.07 bits per heavy atom. The van der Waals surface area contributed by atoms with Crippen molar-refractivity contribution in [3.63, 3.8) is 0 Å². The van der Waals surface area contributed by atoms with E-state index in [0.717, 1.165) is 12.8 Å². The molecule has 2 amide bonds. The zero-order valence-corrected chi connectivity index (χ0v) is 17.3. The lowest BCUT2D eigenvalue weighted by Gasteiger charge is -2.27. The molecule has 2 aliphatic rings. The van der Waals surface area contributed by atoms with E-state index < -0.39 is 17.3 Å². The molecule has 1 aromatic rings. The molecule has 0 aromatic heterocycles. The Balaban J connectivity index is 0.00000300. The lowest BCUT2D eigenvalue weighted by molar-refractivity contribution is -0.149. The molecule has 0 bridgehead atoms. The van der Waals surface area contributed by atoms with Gasteiger partial charge in [-0.2, -0.15) is 0 Å². The molecule has 1 aromatic carbocycles. The van der Waals surface area contributed by atoms with Gasteiger partial charge in [0.2, 0.25) is 11.8 Å². The standard InChI is InChI=1S/C20H27N3O5.ClH/c1-28-16-7-3-2-6-15(16)23(10-8-17(21)24)18(25)12-22-11-14-5-4-9-20(14,13-22)19(26)27;/h2-3,6-7,14H,4-5,8-13H2,1H3,(H2,21,24)(H,26,27);1H/t14-,20+;/m0./s1. The van der Waals surface area contributed by atoms with Gasteiger partial charge in [-0.25, -0.2) is 0 Å². The quantitative estimate of drug-likeness (QED) is 0.652. The molecule has 3 rings (SSSR count). The van der Waals surface area contributed by atoms with E-state index in [4.69, 9.17) is 10.5 Å². The number of carboxylic acid groups (broad SMARTS) is 1. The molecule has 1 heterocycles. The van der Waals surface area contributed by atoms with Gasteiger partial charge in [0.25, 0.3) is 0 Å². The molecule has 2 fully saturated rings. The molecule has 1 saturated carbocycles. The van der Waals surface area contributed by atoms with Gasteiger partial charge >= 0.3 is 5.97 Å². The molecule has 160 valence electrons. The number of carbonyl (C=O) groups excluding carboxylic acids is 2. The number of primary amides is 1. The fourth-order valence-corrected chi connectivity index (χ4v) is 4.59. The van der Waals surface area contributed by atoms with Crippen molar-refractivity contribution in [2.45, 2.75) is 25.7 Å². The van der Waals surface area contributed by atoms with Crippen molar-refractivity contribution < 1.29 is 24.2 Å². The molecule has 0 spiro atoms. The molecule has 9 heteroatoms. The monoisotopic (exact) mass is 425 g/mol. The Morgan fingerprint density at radius 1 is 1.34 bits per heavy atom. The number of methoxy groups -OCH3 is 1. The van der Waals surface area contributed by atoms with Crippen molar-refractivity contribution in [1.82, 2.24) is 4.90 Å². The number of halogens is 1. The number of rotatable bonds is 8. The summed E-state index contributed by atoms with van der Waals surface area (Å²) in [5.41, 5.74) is 5.12. The second kappa shape index (κ2) is 9.45. The molecule has 8 nitrogen and oxygen atoms in total. The van der Waals surface area contributed by atoms with Crippen molar-refractivity contribution in [3.8, 4) is 5.75 Å². The predicted octanol–water partition coefficient (Wildman–Crippen LogP) is 1.51. The fraction of sp³-hybridized carbons (Fsp3) is 0.550. The van der Waals surface area contributed by atoms with Crippen LogP contribution in [0, 0.1) is 11.3 Å². The van der Waals surface area contributed by atoms with Crippen molar-refractivity contribution in [2.75, 3.05) is 38.2 Å². The Labute approximate surface area is 176 Å². The molecule has 1 aliphatic heterocycles. The average Bonchev–Trinajstić information content (AvgIpc) is 3.20. The van der Waals surface area contributed by atoms with Crippen molar-refractivity contribution in [3.05, 3.63) is 24.3 Å². The van der Waals surface area contributed by atoms with Gasteiger partial charge in [-0.05, 0) is 30.9 Å². The maximum absolute atomic E-state index is 13.1. The molecule has 3 N–H and O–H groups in total. The molecule has 1 saturated heterocycles. The third-order valence-electron chi connectivity index (χ3n) is 5.98. The smallest absolute Gasteiger partial charge is 0.311 e. The van der Waals surface area contributed by atoms with Crippen LogP contribution in [0.15, 0.2) is 24.3 Å². The van der Waals surface area contributed by atoms with Gasteiger partial charge in [-0.3, -0.25) is 19.3 Å². The van der Waals surface area contributed by atoms with Gasteiger partial charge in [-0.15, -0.1) is 12.4 Å². The third kappa shape index (κ3) is 4.64. The van der Waals surface area contributed by atoms with Crippen LogP contribution < -0.4 is 15.4 Å². The molecule has 0 unspecified atom stereocenters. The van der Waals surface area contributed by atoms with Gasteiger partial charge in [0.15, 0.2) is 0 Å². The molecule has 2 atom stereocenters. The SMILES string of the molecule is COc1ccccc1N(CCC(N)=O)C(=O)CN1C[C@@H]2CCC[C@@]2(C(=O)O)C1.Cl. The first-order valence-corrected chi connectivity index (χ1v) is 9.55. The first-order chi connectivity index (χ1) is 13.4. The number of amides is 2. The zero-order chi connectivity index (χ0) is 20.3. The fourth-order valence-electron chi connectivity index (χ4n) is 4.59. The number of hydrogen-bond acceptors (Lipinski definition) is 5. The van der Waals surface area contributed by atoms with Crippen LogP contribution in [0.3, 0.4) is 0 Å². The summed E-state index contributed by atoms with van der Waals surface area (Å²) in [5.74, 6) is -0.844. The van der Waals surface area contributed by atoms with Crippen LogP contribution in [0.25, 0.3) is 0 Å². The molecule has 1 aliphatic carbocycles. The largest absolute Gasteiger partial charge is 0.495 e. The first-order valence-electron chi connectivity index (χ1n) is 9.55. The summed E-state index contributed by atoms with van der Waals surface area (Å²) in [6.45, 7) is 1.24. The van der Waals surface area contributed by atoms with Crippen molar-refractivity contribution in [2.24, 2.45) is 17.1 Å². The summed E-state index contributed by atoms with van der Waals surface area (Å²) < 4.78 is 5.36. The minimum Gasteiger partial charge on any atom is -0.495 e. The summed E-state index contributed by atoms with van der Waals surface area (Å²) in [6.07, 6.45) is 2.50. The van der Waals surface area contributed by atoms with E-state index in [-0.39, 0.29) is 43.7 Å². The second-order valence-electron chi connectivity index (χ2n) is 7.65. The van der Waals surface area contributed by atoms with E-state index in [0.29, 0.717) is 30.9 Å². The minimum absolute atomic E-state index is 0. The lowest BCUT2D eigenvalue weighted by Crippen LogP contribution is -2.42. The lowest BCUT2D eigenvalue weighted by atomic mass is 9.81. The highest BCUT2D eigenvalue weighted by atomic mass is 35.5. The number of para-hydroxylation sites is 2. The van der Waals surface area contributed by atoms with E-state index in [1.165, 1.54) is 12.0 Å². The summed E-state index contributed by atoms with van der Waals surface area (Å²) >= 11 is 0. The highest BCUT2D eigenvalue weighted by Gasteiger charge is 2.54. The summed E-state index contributed by atoms with van der Waals surface area (Å²) in [6, 6.07) is 7.11. The maximum Gasteiger partial charge on any atom is 0.311 e. The highest BCUT2D eigenvalue weighted by Crippen LogP contribution is 2.48. The van der Waals surface area contributed by atoms with Crippen LogP contribution in [0.2, 0.25) is 0 Å². The second-order valence-corrected chi connectivity index (χ2v) is 7.65. The Kier molecular flexibility index (Phi) is 7.48. The van der Waals surface area contributed by atoms with E-state index in [9.17, 15) is 19.5 Å². The van der Waals surface area contributed by atoms with Crippen LogP contribution in [0.1, 0.15) is 25.7 Å². The van der Waals surface area contributed by atoms with Gasteiger partial charge in [0.05, 0.1) is 24.8 Å². The van der Waals surface area contributed by atoms with Gasteiger partial charge in [-0.1, -0.05) is 18.6 Å². The number of anilines is 1. The van der Waals surface area contributed by atoms with Crippen LogP contribution in [0.5, 0.6) is 5.75 Å². The zero-order valence-electron chi connectivity index (χ0n) is 16.5. The van der Waals surface area contributed by atoms with Crippen molar-refractivity contribution >= 4 is 35.9 Å². The Bertz CT molecular complexity index is 774. The van der Waals surface area contributed by atoms with Crippen LogP contribution in [0.4, 0.5) is 5.69 Å². The van der Waals surface area contributed by atoms with Gasteiger partial charge in [0, 0.05) is 26.1 Å². The predicted molar refractivity (Wildman–Crippen MR) is 110 cm³/mol. The van der Waals surface area contributed by atoms with E-state index >= 15 is 0 Å². The maximum atomic E-state index is 13.1. The molecular formula is C20H28ClN3O5. The number of nitrogens with zero attached hydrogens (tertiary/aromatic N) is 2. The number of hydrogen-bond donors (Lipinski definition) is 2.